The molecule has 18 heavy (non-hydrogen) atoms. The minimum absolute atomic E-state index is 0.265. The Morgan fingerprint density at radius 2 is 1.83 bits per heavy atom. The molecule has 3 nitrogen and oxygen atoms in total. The molecule has 0 radical (unpaired) electrons. The van der Waals surface area contributed by atoms with Gasteiger partial charge in [0.2, 0.25) is 0 Å². The largest absolute Gasteiger partial charge is 0.497 e. The monoisotopic (exact) mass is 248 g/mol. The molecule has 0 aromatic heterocycles. The van der Waals surface area contributed by atoms with Crippen LogP contribution in [0.15, 0.2) is 24.3 Å². The number of benzene rings is 1. The fourth-order valence-corrected chi connectivity index (χ4v) is 2.70. The molecule has 100 valence electrons. The predicted molar refractivity (Wildman–Crippen MR) is 75.2 cm³/mol. The molecule has 1 aliphatic heterocycles. The third kappa shape index (κ3) is 3.03. The Bertz CT molecular complexity index is 367. The summed E-state index contributed by atoms with van der Waals surface area (Å²) in [6.45, 7) is 2.36. The quantitative estimate of drug-likeness (QED) is 0.881. The normalized spacial score (nSPS) is 19.7. The van der Waals surface area contributed by atoms with E-state index in [1.165, 1.54) is 31.5 Å². The zero-order chi connectivity index (χ0) is 13.0. The van der Waals surface area contributed by atoms with Crippen LogP contribution in [-0.2, 0) is 6.42 Å². The van der Waals surface area contributed by atoms with Crippen molar-refractivity contribution in [1.29, 1.82) is 0 Å². The van der Waals surface area contributed by atoms with E-state index >= 15 is 0 Å². The van der Waals surface area contributed by atoms with Crippen molar-refractivity contribution in [2.24, 2.45) is 0 Å². The smallest absolute Gasteiger partial charge is 0.118 e. The Hall–Kier alpha value is -1.06. The number of hydrogen-bond acceptors (Lipinski definition) is 3. The molecular formula is C15H24N2O. The lowest BCUT2D eigenvalue weighted by atomic mass is 9.82. The van der Waals surface area contributed by atoms with E-state index < -0.39 is 0 Å². The standard InChI is InChI=1S/C15H24N2O/c1-16-15(8-10-17(2)11-9-15)12-13-4-6-14(18-3)7-5-13/h4-7,16H,8-12H2,1-3H3. The van der Waals surface area contributed by atoms with Gasteiger partial charge in [0.1, 0.15) is 5.75 Å². The average Bonchev–Trinajstić information content (AvgIpc) is 2.43. The molecule has 0 aliphatic carbocycles. The summed E-state index contributed by atoms with van der Waals surface area (Å²) in [5.41, 5.74) is 1.65. The minimum atomic E-state index is 0.265. The second-order valence-electron chi connectivity index (χ2n) is 5.36. The van der Waals surface area contributed by atoms with Crippen molar-refractivity contribution < 1.29 is 4.74 Å². The van der Waals surface area contributed by atoms with Crippen molar-refractivity contribution in [3.8, 4) is 5.75 Å². The van der Waals surface area contributed by atoms with E-state index in [1.807, 2.05) is 12.1 Å². The van der Waals surface area contributed by atoms with Crippen molar-refractivity contribution in [3.05, 3.63) is 29.8 Å². The van der Waals surface area contributed by atoms with Crippen LogP contribution in [0.1, 0.15) is 18.4 Å². The molecule has 1 aromatic carbocycles. The molecule has 1 fully saturated rings. The van der Waals surface area contributed by atoms with Crippen LogP contribution in [0.3, 0.4) is 0 Å². The second-order valence-corrected chi connectivity index (χ2v) is 5.36. The molecular weight excluding hydrogens is 224 g/mol. The zero-order valence-electron chi connectivity index (χ0n) is 11.7. The van der Waals surface area contributed by atoms with Gasteiger partial charge in [-0.25, -0.2) is 0 Å². The van der Waals surface area contributed by atoms with Crippen LogP contribution in [0.25, 0.3) is 0 Å². The maximum atomic E-state index is 5.20. The Morgan fingerprint density at radius 3 is 2.33 bits per heavy atom. The molecule has 0 saturated carbocycles. The van der Waals surface area contributed by atoms with E-state index in [-0.39, 0.29) is 5.54 Å². The van der Waals surface area contributed by atoms with E-state index in [1.54, 1.807) is 7.11 Å². The summed E-state index contributed by atoms with van der Waals surface area (Å²) in [6, 6.07) is 8.45. The van der Waals surface area contributed by atoms with Crippen LogP contribution in [0.5, 0.6) is 5.75 Å². The number of ether oxygens (including phenoxy) is 1. The molecule has 0 unspecified atom stereocenters. The van der Waals surface area contributed by atoms with Gasteiger partial charge in [-0.1, -0.05) is 12.1 Å². The summed E-state index contributed by atoms with van der Waals surface area (Å²) in [5.74, 6) is 0.931. The number of methoxy groups -OCH3 is 1. The van der Waals surface area contributed by atoms with E-state index in [0.29, 0.717) is 0 Å². The van der Waals surface area contributed by atoms with E-state index in [2.05, 4.69) is 36.4 Å². The lowest BCUT2D eigenvalue weighted by Gasteiger charge is -2.41. The predicted octanol–water partition coefficient (Wildman–Crippen LogP) is 1.92. The second kappa shape index (κ2) is 5.72. The van der Waals surface area contributed by atoms with Crippen LogP contribution >= 0.6 is 0 Å². The first-order chi connectivity index (χ1) is 8.67. The molecule has 1 aromatic rings. The van der Waals surface area contributed by atoms with Gasteiger partial charge < -0.3 is 15.0 Å². The third-order valence-corrected chi connectivity index (χ3v) is 4.18. The first-order valence-corrected chi connectivity index (χ1v) is 6.68. The molecule has 0 atom stereocenters. The van der Waals surface area contributed by atoms with Crippen LogP contribution in [-0.4, -0.2) is 44.7 Å². The van der Waals surface area contributed by atoms with Crippen molar-refractivity contribution in [3.63, 3.8) is 0 Å². The van der Waals surface area contributed by atoms with E-state index in [4.69, 9.17) is 4.74 Å². The van der Waals surface area contributed by atoms with Crippen LogP contribution in [0.4, 0.5) is 0 Å². The van der Waals surface area contributed by atoms with Gasteiger partial charge in [-0.3, -0.25) is 0 Å². The summed E-state index contributed by atoms with van der Waals surface area (Å²) < 4.78 is 5.20. The van der Waals surface area contributed by atoms with Gasteiger partial charge in [-0.2, -0.15) is 0 Å². The summed E-state index contributed by atoms with van der Waals surface area (Å²) in [5, 5.41) is 3.56. The van der Waals surface area contributed by atoms with Crippen LogP contribution < -0.4 is 10.1 Å². The highest BCUT2D eigenvalue weighted by Crippen LogP contribution is 2.26. The molecule has 0 bridgehead atoms. The van der Waals surface area contributed by atoms with E-state index in [9.17, 15) is 0 Å². The maximum absolute atomic E-state index is 5.20. The highest BCUT2D eigenvalue weighted by atomic mass is 16.5. The molecule has 1 aliphatic rings. The molecule has 3 heteroatoms. The van der Waals surface area contributed by atoms with Gasteiger partial charge in [0.15, 0.2) is 0 Å². The number of rotatable bonds is 4. The van der Waals surface area contributed by atoms with Crippen molar-refractivity contribution in [2.75, 3.05) is 34.3 Å². The van der Waals surface area contributed by atoms with Gasteiger partial charge in [0.25, 0.3) is 0 Å². The molecule has 1 saturated heterocycles. The number of piperidine rings is 1. The molecule has 0 amide bonds. The van der Waals surface area contributed by atoms with Crippen LogP contribution in [0.2, 0.25) is 0 Å². The lowest BCUT2D eigenvalue weighted by molar-refractivity contribution is 0.163. The lowest BCUT2D eigenvalue weighted by Crippen LogP contribution is -2.52. The average molecular weight is 248 g/mol. The number of likely N-dealkylation sites (N-methyl/N-ethyl adjacent to an activating group) is 1. The van der Waals surface area contributed by atoms with Gasteiger partial charge in [0, 0.05) is 5.54 Å². The van der Waals surface area contributed by atoms with Crippen LogP contribution in [0, 0.1) is 0 Å². The Balaban J connectivity index is 2.05. The molecule has 0 spiro atoms. The Morgan fingerprint density at radius 1 is 1.22 bits per heavy atom. The molecule has 1 N–H and O–H groups in total. The topological polar surface area (TPSA) is 24.5 Å². The molecule has 2 rings (SSSR count). The Kier molecular flexibility index (Phi) is 4.25. The zero-order valence-corrected chi connectivity index (χ0v) is 11.7. The van der Waals surface area contributed by atoms with Gasteiger partial charge in [-0.15, -0.1) is 0 Å². The van der Waals surface area contributed by atoms with Gasteiger partial charge in [0.05, 0.1) is 7.11 Å². The SMILES string of the molecule is CNC1(Cc2ccc(OC)cc2)CCN(C)CC1. The maximum Gasteiger partial charge on any atom is 0.118 e. The minimum Gasteiger partial charge on any atom is -0.497 e. The third-order valence-electron chi connectivity index (χ3n) is 4.18. The summed E-state index contributed by atoms with van der Waals surface area (Å²) in [6.07, 6.45) is 3.53. The fourth-order valence-electron chi connectivity index (χ4n) is 2.70. The fraction of sp³-hybridized carbons (Fsp3) is 0.600. The summed E-state index contributed by atoms with van der Waals surface area (Å²) >= 11 is 0. The van der Waals surface area contributed by atoms with Gasteiger partial charge >= 0.3 is 0 Å². The summed E-state index contributed by atoms with van der Waals surface area (Å²) in [7, 11) is 6.00. The number of nitrogens with zero attached hydrogens (tertiary/aromatic N) is 1. The van der Waals surface area contributed by atoms with E-state index in [0.717, 1.165) is 12.2 Å². The molecule has 1 heterocycles. The van der Waals surface area contributed by atoms with Crippen molar-refractivity contribution in [2.45, 2.75) is 24.8 Å². The Labute approximate surface area is 110 Å². The van der Waals surface area contributed by atoms with Crippen molar-refractivity contribution in [1.82, 2.24) is 10.2 Å². The van der Waals surface area contributed by atoms with Gasteiger partial charge in [-0.05, 0) is 64.1 Å². The highest BCUT2D eigenvalue weighted by Gasteiger charge is 2.31. The number of likely N-dealkylation sites (tertiary alicyclic amines) is 1. The first kappa shape index (κ1) is 13.4. The first-order valence-electron chi connectivity index (χ1n) is 6.68. The number of nitrogens with one attached hydrogen (secondary N) is 1. The summed E-state index contributed by atoms with van der Waals surface area (Å²) in [4.78, 5) is 2.41. The highest BCUT2D eigenvalue weighted by molar-refractivity contribution is 5.28. The van der Waals surface area contributed by atoms with Crippen molar-refractivity contribution >= 4 is 0 Å². The number of hydrogen-bond donors (Lipinski definition) is 1.